The predicted octanol–water partition coefficient (Wildman–Crippen LogP) is 4.22. The van der Waals surface area contributed by atoms with Gasteiger partial charge in [0.1, 0.15) is 0 Å². The molecule has 0 unspecified atom stereocenters. The fourth-order valence-corrected chi connectivity index (χ4v) is 2.65. The molecule has 9 heteroatoms. The molecular weight excluding hydrogens is 388 g/mol. The molecule has 0 heterocycles. The van der Waals surface area contributed by atoms with Crippen LogP contribution in [0.5, 0.6) is 0 Å². The van der Waals surface area contributed by atoms with Crippen molar-refractivity contribution < 1.29 is 9.72 Å². The maximum absolute atomic E-state index is 12.2. The number of nitro benzene ring substituents is 1. The Hall–Kier alpha value is -2.71. The Morgan fingerprint density at radius 1 is 1.19 bits per heavy atom. The Morgan fingerprint density at radius 2 is 1.89 bits per heavy atom. The first-order chi connectivity index (χ1) is 12.9. The molecular formula is C18H19ClN4O3S. The number of anilines is 1. The lowest BCUT2D eigenvalue weighted by Crippen LogP contribution is -2.43. The minimum atomic E-state index is -0.636. The molecule has 3 N–H and O–H groups in total. The zero-order chi connectivity index (χ0) is 19.8. The summed E-state index contributed by atoms with van der Waals surface area (Å²) in [5.74, 6) is -0.636. The highest BCUT2D eigenvalue weighted by molar-refractivity contribution is 7.80. The van der Waals surface area contributed by atoms with Crippen molar-refractivity contribution in [3.8, 4) is 0 Å². The van der Waals surface area contributed by atoms with Crippen molar-refractivity contribution in [2.24, 2.45) is 0 Å². The number of carbonyl (C=O) groups excluding carboxylic acids is 1. The van der Waals surface area contributed by atoms with Crippen molar-refractivity contribution in [3.63, 3.8) is 0 Å². The van der Waals surface area contributed by atoms with E-state index in [4.69, 9.17) is 23.8 Å². The summed E-state index contributed by atoms with van der Waals surface area (Å²) in [6.07, 6.45) is 3.31. The third-order valence-electron chi connectivity index (χ3n) is 3.73. The third kappa shape index (κ3) is 6.19. The Labute approximate surface area is 167 Å². The second-order valence-electron chi connectivity index (χ2n) is 5.75. The summed E-state index contributed by atoms with van der Waals surface area (Å²) in [5.41, 5.74) is 6.68. The molecule has 0 radical (unpaired) electrons. The standard InChI is InChI=1S/C18H19ClN4O3S/c1-2-3-4-12-5-7-13(8-6-12)20-18(27)22-21-17(24)15-11-14(23(25)26)9-10-16(15)19/h5-11H,2-4H2,1H3,(H,21,24)(H2,20,22,27). The SMILES string of the molecule is CCCCc1ccc(NC(=S)NNC(=O)c2cc([N+](=O)[O-])ccc2Cl)cc1. The minimum absolute atomic E-state index is 0.0264. The van der Waals surface area contributed by atoms with E-state index >= 15 is 0 Å². The summed E-state index contributed by atoms with van der Waals surface area (Å²) in [4.78, 5) is 22.4. The first kappa shape index (κ1) is 20.6. The molecule has 0 aliphatic carbocycles. The van der Waals surface area contributed by atoms with Gasteiger partial charge in [-0.05, 0) is 48.8 Å². The molecule has 0 spiro atoms. The average molecular weight is 407 g/mol. The predicted molar refractivity (Wildman–Crippen MR) is 110 cm³/mol. The zero-order valence-electron chi connectivity index (χ0n) is 14.6. The number of hydrogen-bond donors (Lipinski definition) is 3. The van der Waals surface area contributed by atoms with E-state index in [-0.39, 0.29) is 21.4 Å². The molecule has 0 aromatic heterocycles. The van der Waals surface area contributed by atoms with E-state index in [9.17, 15) is 14.9 Å². The summed E-state index contributed by atoms with van der Waals surface area (Å²) in [6.45, 7) is 2.15. The highest BCUT2D eigenvalue weighted by Gasteiger charge is 2.16. The molecule has 27 heavy (non-hydrogen) atoms. The fraction of sp³-hybridized carbons (Fsp3) is 0.222. The van der Waals surface area contributed by atoms with Crippen LogP contribution in [0.4, 0.5) is 11.4 Å². The van der Waals surface area contributed by atoms with Crippen molar-refractivity contribution in [2.75, 3.05) is 5.32 Å². The van der Waals surface area contributed by atoms with Gasteiger partial charge in [-0.2, -0.15) is 0 Å². The number of carbonyl (C=O) groups is 1. The number of nitrogens with one attached hydrogen (secondary N) is 3. The molecule has 0 aliphatic heterocycles. The van der Waals surface area contributed by atoms with Crippen LogP contribution in [0, 0.1) is 10.1 Å². The van der Waals surface area contributed by atoms with Gasteiger partial charge in [0.05, 0.1) is 15.5 Å². The molecule has 0 bridgehead atoms. The largest absolute Gasteiger partial charge is 0.331 e. The number of unbranched alkanes of at least 4 members (excludes halogenated alkanes) is 1. The van der Waals surface area contributed by atoms with Crippen LogP contribution in [0.1, 0.15) is 35.7 Å². The Morgan fingerprint density at radius 3 is 2.52 bits per heavy atom. The maximum atomic E-state index is 12.2. The molecule has 1 amide bonds. The van der Waals surface area contributed by atoms with Gasteiger partial charge in [0.2, 0.25) is 0 Å². The van der Waals surface area contributed by atoms with Crippen molar-refractivity contribution in [3.05, 3.63) is 68.7 Å². The van der Waals surface area contributed by atoms with Crippen LogP contribution < -0.4 is 16.2 Å². The van der Waals surface area contributed by atoms with E-state index in [1.807, 2.05) is 24.3 Å². The van der Waals surface area contributed by atoms with Crippen LogP contribution in [0.15, 0.2) is 42.5 Å². The normalized spacial score (nSPS) is 10.1. The van der Waals surface area contributed by atoms with Gasteiger partial charge in [-0.15, -0.1) is 0 Å². The molecule has 0 fully saturated rings. The minimum Gasteiger partial charge on any atom is -0.331 e. The number of non-ortho nitro benzene ring substituents is 1. The van der Waals surface area contributed by atoms with Crippen LogP contribution in [0.25, 0.3) is 0 Å². The highest BCUT2D eigenvalue weighted by atomic mass is 35.5. The van der Waals surface area contributed by atoms with Gasteiger partial charge < -0.3 is 5.32 Å². The van der Waals surface area contributed by atoms with E-state index in [2.05, 4.69) is 23.1 Å². The van der Waals surface area contributed by atoms with Crippen LogP contribution in [-0.2, 0) is 6.42 Å². The topological polar surface area (TPSA) is 96.3 Å². The molecule has 2 rings (SSSR count). The summed E-state index contributed by atoms with van der Waals surface area (Å²) in [5, 5.41) is 14.0. The average Bonchev–Trinajstić information content (AvgIpc) is 2.65. The van der Waals surface area contributed by atoms with Gasteiger partial charge in [-0.3, -0.25) is 25.8 Å². The van der Waals surface area contributed by atoms with Gasteiger partial charge in [0, 0.05) is 17.8 Å². The quantitative estimate of drug-likeness (QED) is 0.377. The van der Waals surface area contributed by atoms with Gasteiger partial charge >= 0.3 is 0 Å². The number of rotatable bonds is 6. The molecule has 0 aliphatic rings. The summed E-state index contributed by atoms with van der Waals surface area (Å²) < 4.78 is 0. The van der Waals surface area contributed by atoms with Gasteiger partial charge in [-0.1, -0.05) is 37.1 Å². The number of thiocarbonyl (C=S) groups is 1. The molecule has 0 saturated heterocycles. The van der Waals surface area contributed by atoms with E-state index in [0.717, 1.165) is 31.0 Å². The number of hydrogen-bond acceptors (Lipinski definition) is 4. The van der Waals surface area contributed by atoms with E-state index in [1.54, 1.807) is 0 Å². The number of nitro groups is 1. The first-order valence-corrected chi connectivity index (χ1v) is 9.09. The first-order valence-electron chi connectivity index (χ1n) is 8.31. The summed E-state index contributed by atoms with van der Waals surface area (Å²) in [7, 11) is 0. The lowest BCUT2D eigenvalue weighted by atomic mass is 10.1. The highest BCUT2D eigenvalue weighted by Crippen LogP contribution is 2.21. The van der Waals surface area contributed by atoms with Crippen molar-refractivity contribution in [1.82, 2.24) is 10.9 Å². The van der Waals surface area contributed by atoms with Crippen LogP contribution in [0.3, 0.4) is 0 Å². The second-order valence-corrected chi connectivity index (χ2v) is 6.57. The zero-order valence-corrected chi connectivity index (χ0v) is 16.2. The summed E-state index contributed by atoms with van der Waals surface area (Å²) in [6, 6.07) is 11.5. The third-order valence-corrected chi connectivity index (χ3v) is 4.26. The monoisotopic (exact) mass is 406 g/mol. The van der Waals surface area contributed by atoms with Crippen molar-refractivity contribution in [1.29, 1.82) is 0 Å². The molecule has 142 valence electrons. The van der Waals surface area contributed by atoms with E-state index in [1.165, 1.54) is 17.7 Å². The number of halogens is 1. The molecule has 0 saturated carbocycles. The number of aryl methyl sites for hydroxylation is 1. The molecule has 2 aromatic rings. The Kier molecular flexibility index (Phi) is 7.51. The van der Waals surface area contributed by atoms with Gasteiger partial charge in [0.15, 0.2) is 5.11 Å². The molecule has 0 atom stereocenters. The number of hydrazine groups is 1. The lowest BCUT2D eigenvalue weighted by molar-refractivity contribution is -0.384. The van der Waals surface area contributed by atoms with Gasteiger partial charge in [0.25, 0.3) is 11.6 Å². The van der Waals surface area contributed by atoms with E-state index < -0.39 is 10.8 Å². The number of nitrogens with zero attached hydrogens (tertiary/aromatic N) is 1. The van der Waals surface area contributed by atoms with Gasteiger partial charge in [-0.25, -0.2) is 0 Å². The summed E-state index contributed by atoms with van der Waals surface area (Å²) >= 11 is 11.1. The van der Waals surface area contributed by atoms with Crippen molar-refractivity contribution in [2.45, 2.75) is 26.2 Å². The lowest BCUT2D eigenvalue weighted by Gasteiger charge is -2.12. The number of amides is 1. The molecule has 2 aromatic carbocycles. The van der Waals surface area contributed by atoms with Crippen LogP contribution >= 0.6 is 23.8 Å². The Bertz CT molecular complexity index is 843. The smallest absolute Gasteiger partial charge is 0.271 e. The molecule has 7 nitrogen and oxygen atoms in total. The number of benzene rings is 2. The fourth-order valence-electron chi connectivity index (χ4n) is 2.28. The second kappa shape index (κ2) is 9.84. The Balaban J connectivity index is 1.90. The van der Waals surface area contributed by atoms with E-state index in [0.29, 0.717) is 0 Å². The van der Waals surface area contributed by atoms with Crippen LogP contribution in [0.2, 0.25) is 5.02 Å². The maximum Gasteiger partial charge on any atom is 0.271 e. The van der Waals surface area contributed by atoms with Crippen LogP contribution in [-0.4, -0.2) is 15.9 Å². The van der Waals surface area contributed by atoms with Crippen molar-refractivity contribution >= 4 is 46.2 Å².